The number of hydrogen-bond acceptors (Lipinski definition) is 4. The Kier molecular flexibility index (Phi) is 8.85. The van der Waals surface area contributed by atoms with Crippen molar-refractivity contribution in [2.45, 2.75) is 44.6 Å². The monoisotopic (exact) mass is 464 g/mol. The number of rotatable bonds is 12. The fourth-order valence-corrected chi connectivity index (χ4v) is 4.20. The van der Waals surface area contributed by atoms with E-state index in [1.165, 1.54) is 0 Å². The molecule has 0 aromatic heterocycles. The summed E-state index contributed by atoms with van der Waals surface area (Å²) in [5.74, 6) is -1.70. The van der Waals surface area contributed by atoms with Crippen molar-refractivity contribution in [3.8, 4) is 11.1 Å². The van der Waals surface area contributed by atoms with Crippen LogP contribution in [0.4, 0.5) is 4.79 Å². The molecule has 2 amide bonds. The van der Waals surface area contributed by atoms with E-state index < -0.39 is 24.0 Å². The smallest absolute Gasteiger partial charge is 0.407 e. The van der Waals surface area contributed by atoms with Gasteiger partial charge in [-0.3, -0.25) is 9.59 Å². The van der Waals surface area contributed by atoms with Gasteiger partial charge >= 0.3 is 12.1 Å². The minimum absolute atomic E-state index is 0.0603. The number of allylic oxidation sites excluding steroid dienone is 1. The Morgan fingerprint density at radius 3 is 2.26 bits per heavy atom. The number of benzene rings is 2. The maximum absolute atomic E-state index is 12.6. The molecule has 180 valence electrons. The van der Waals surface area contributed by atoms with Gasteiger partial charge in [0.2, 0.25) is 5.91 Å². The average Bonchev–Trinajstić information content (AvgIpc) is 3.16. The maximum Gasteiger partial charge on any atom is 0.407 e. The number of alkyl carbamates (subject to hydrolysis) is 1. The van der Waals surface area contributed by atoms with Gasteiger partial charge in [-0.25, -0.2) is 4.79 Å². The molecule has 0 fully saturated rings. The molecule has 7 heteroatoms. The number of carboxylic acid groups (broad SMARTS) is 1. The summed E-state index contributed by atoms with van der Waals surface area (Å²) in [4.78, 5) is 36.1. The second-order valence-electron chi connectivity index (χ2n) is 8.56. The van der Waals surface area contributed by atoms with Crippen LogP contribution in [0.5, 0.6) is 0 Å². The van der Waals surface area contributed by atoms with E-state index in [9.17, 15) is 14.4 Å². The van der Waals surface area contributed by atoms with E-state index >= 15 is 0 Å². The second-order valence-corrected chi connectivity index (χ2v) is 8.56. The molecule has 2 aromatic rings. The summed E-state index contributed by atoms with van der Waals surface area (Å²) in [6.45, 7) is 5.83. The highest BCUT2D eigenvalue weighted by Gasteiger charge is 2.29. The highest BCUT2D eigenvalue weighted by Crippen LogP contribution is 2.44. The van der Waals surface area contributed by atoms with E-state index in [2.05, 4.69) is 29.3 Å². The quantitative estimate of drug-likeness (QED) is 0.317. The summed E-state index contributed by atoms with van der Waals surface area (Å²) >= 11 is 0. The lowest BCUT2D eigenvalue weighted by atomic mass is 9.98. The molecule has 1 aliphatic carbocycles. The van der Waals surface area contributed by atoms with E-state index in [0.717, 1.165) is 22.3 Å². The van der Waals surface area contributed by atoms with Crippen LogP contribution in [0.3, 0.4) is 0 Å². The van der Waals surface area contributed by atoms with Gasteiger partial charge in [0.05, 0.1) is 5.92 Å². The third kappa shape index (κ3) is 6.25. The van der Waals surface area contributed by atoms with Crippen LogP contribution in [0.1, 0.15) is 49.7 Å². The van der Waals surface area contributed by atoms with Gasteiger partial charge in [0.25, 0.3) is 0 Å². The Bertz CT molecular complexity index is 990. The summed E-state index contributed by atoms with van der Waals surface area (Å²) in [6, 6.07) is 15.4. The van der Waals surface area contributed by atoms with Crippen molar-refractivity contribution in [3.05, 3.63) is 72.3 Å². The average molecular weight is 465 g/mol. The van der Waals surface area contributed by atoms with Gasteiger partial charge in [-0.15, -0.1) is 6.58 Å². The van der Waals surface area contributed by atoms with Crippen molar-refractivity contribution in [3.63, 3.8) is 0 Å². The Labute approximate surface area is 200 Å². The molecule has 2 unspecified atom stereocenters. The molecule has 2 atom stereocenters. The molecular formula is C27H32N2O5. The molecule has 3 N–H and O–H groups in total. The van der Waals surface area contributed by atoms with Gasteiger partial charge in [0.1, 0.15) is 12.6 Å². The standard InChI is InChI=1S/C27H32N2O5/c1-3-4-15-24(25(30)28-16-9-10-18(2)26(31)32)29-27(33)34-17-23-21-13-7-5-11-19(21)20-12-6-8-14-22(20)23/h3,5-8,11-14,18,23-24H,1,4,9-10,15-17H2,2H3,(H,28,30)(H,29,33)(H,31,32). The van der Waals surface area contributed by atoms with Gasteiger partial charge in [0.15, 0.2) is 0 Å². The predicted molar refractivity (Wildman–Crippen MR) is 130 cm³/mol. The molecule has 1 aliphatic rings. The first kappa shape index (κ1) is 25.0. The normalized spacial score (nSPS) is 13.8. The predicted octanol–water partition coefficient (Wildman–Crippen LogP) is 4.48. The SMILES string of the molecule is C=CCCC(NC(=O)OCC1c2ccccc2-c2ccccc21)C(=O)NCCCC(C)C(=O)O. The third-order valence-corrected chi connectivity index (χ3v) is 6.15. The van der Waals surface area contributed by atoms with E-state index in [1.54, 1.807) is 13.0 Å². The molecule has 0 saturated carbocycles. The third-order valence-electron chi connectivity index (χ3n) is 6.15. The Morgan fingerprint density at radius 1 is 1.06 bits per heavy atom. The van der Waals surface area contributed by atoms with Gasteiger partial charge in [0, 0.05) is 12.5 Å². The number of nitrogens with one attached hydrogen (secondary N) is 2. The highest BCUT2D eigenvalue weighted by molar-refractivity contribution is 5.85. The van der Waals surface area contributed by atoms with E-state index in [1.807, 2.05) is 36.4 Å². The van der Waals surface area contributed by atoms with E-state index in [4.69, 9.17) is 9.84 Å². The van der Waals surface area contributed by atoms with Crippen molar-refractivity contribution in [1.82, 2.24) is 10.6 Å². The minimum atomic E-state index is -0.855. The highest BCUT2D eigenvalue weighted by atomic mass is 16.5. The maximum atomic E-state index is 12.6. The van der Waals surface area contributed by atoms with E-state index in [0.29, 0.717) is 32.2 Å². The summed E-state index contributed by atoms with van der Waals surface area (Å²) < 4.78 is 5.56. The van der Waals surface area contributed by atoms with Crippen LogP contribution in [0.15, 0.2) is 61.2 Å². The Hall–Kier alpha value is -3.61. The Morgan fingerprint density at radius 2 is 1.68 bits per heavy atom. The van der Waals surface area contributed by atoms with Crippen LogP contribution >= 0.6 is 0 Å². The summed E-state index contributed by atoms with van der Waals surface area (Å²) in [5, 5.41) is 14.4. The number of ether oxygens (including phenoxy) is 1. The molecule has 0 saturated heterocycles. The molecule has 0 aliphatic heterocycles. The molecule has 34 heavy (non-hydrogen) atoms. The molecule has 2 aromatic carbocycles. The zero-order valence-electron chi connectivity index (χ0n) is 19.5. The zero-order chi connectivity index (χ0) is 24.5. The summed E-state index contributed by atoms with van der Waals surface area (Å²) in [5.41, 5.74) is 4.53. The summed E-state index contributed by atoms with van der Waals surface area (Å²) in [7, 11) is 0. The van der Waals surface area contributed by atoms with Crippen LogP contribution in [-0.4, -0.2) is 42.3 Å². The largest absolute Gasteiger partial charge is 0.481 e. The van der Waals surface area contributed by atoms with Crippen molar-refractivity contribution in [2.24, 2.45) is 5.92 Å². The molecule has 0 spiro atoms. The molecule has 3 rings (SSSR count). The van der Waals surface area contributed by atoms with Crippen molar-refractivity contribution in [1.29, 1.82) is 0 Å². The molecule has 0 heterocycles. The first-order valence-corrected chi connectivity index (χ1v) is 11.6. The van der Waals surface area contributed by atoms with Gasteiger partial charge in [-0.05, 0) is 47.9 Å². The second kappa shape index (κ2) is 12.0. The summed E-state index contributed by atoms with van der Waals surface area (Å²) in [6.07, 6.45) is 2.99. The first-order valence-electron chi connectivity index (χ1n) is 11.6. The lowest BCUT2D eigenvalue weighted by molar-refractivity contribution is -0.141. The lowest BCUT2D eigenvalue weighted by Crippen LogP contribution is -2.47. The Balaban J connectivity index is 1.55. The molecule has 7 nitrogen and oxygen atoms in total. The number of fused-ring (bicyclic) bond motifs is 3. The first-order chi connectivity index (χ1) is 16.4. The van der Waals surface area contributed by atoms with Gasteiger partial charge in [-0.2, -0.15) is 0 Å². The van der Waals surface area contributed by atoms with Crippen LogP contribution in [-0.2, 0) is 14.3 Å². The van der Waals surface area contributed by atoms with Crippen molar-refractivity contribution in [2.75, 3.05) is 13.2 Å². The number of carboxylic acids is 1. The lowest BCUT2D eigenvalue weighted by Gasteiger charge is -2.19. The molecule has 0 bridgehead atoms. The minimum Gasteiger partial charge on any atom is -0.481 e. The fraction of sp³-hybridized carbons (Fsp3) is 0.370. The number of amides is 2. The van der Waals surface area contributed by atoms with Crippen molar-refractivity contribution < 1.29 is 24.2 Å². The number of aliphatic carboxylic acids is 1. The zero-order valence-corrected chi connectivity index (χ0v) is 19.5. The topological polar surface area (TPSA) is 105 Å². The molecular weight excluding hydrogens is 432 g/mol. The number of carbonyl (C=O) groups is 3. The number of hydrogen-bond donors (Lipinski definition) is 3. The van der Waals surface area contributed by atoms with Crippen LogP contribution in [0.25, 0.3) is 11.1 Å². The van der Waals surface area contributed by atoms with Gasteiger partial charge < -0.3 is 20.5 Å². The fourth-order valence-electron chi connectivity index (χ4n) is 4.20. The molecule has 0 radical (unpaired) electrons. The van der Waals surface area contributed by atoms with Crippen LogP contribution in [0, 0.1) is 5.92 Å². The van der Waals surface area contributed by atoms with E-state index in [-0.39, 0.29) is 18.4 Å². The van der Waals surface area contributed by atoms with Crippen LogP contribution < -0.4 is 10.6 Å². The number of carbonyl (C=O) groups excluding carboxylic acids is 2. The van der Waals surface area contributed by atoms with Crippen molar-refractivity contribution >= 4 is 18.0 Å². The van der Waals surface area contributed by atoms with Crippen LogP contribution in [0.2, 0.25) is 0 Å². The van der Waals surface area contributed by atoms with Gasteiger partial charge in [-0.1, -0.05) is 61.5 Å².